The lowest BCUT2D eigenvalue weighted by molar-refractivity contribution is 0.0846. The minimum absolute atomic E-state index is 0.00336. The van der Waals surface area contributed by atoms with E-state index in [0.29, 0.717) is 17.1 Å². The first-order valence-corrected chi connectivity index (χ1v) is 10.7. The summed E-state index contributed by atoms with van der Waals surface area (Å²) in [7, 11) is -0.773. The molecule has 3 N–H and O–H groups in total. The molecular formula is C20H23N3O6S. The van der Waals surface area contributed by atoms with E-state index in [4.69, 9.17) is 9.47 Å². The number of amides is 2. The highest BCUT2D eigenvalue weighted by Gasteiger charge is 2.28. The van der Waals surface area contributed by atoms with Crippen LogP contribution in [0.15, 0.2) is 41.3 Å². The molecule has 30 heavy (non-hydrogen) atoms. The molecule has 1 fully saturated rings. The van der Waals surface area contributed by atoms with Crippen LogP contribution in [0.4, 0.5) is 0 Å². The summed E-state index contributed by atoms with van der Waals surface area (Å²) < 4.78 is 37.7. The number of rotatable bonds is 7. The van der Waals surface area contributed by atoms with Crippen molar-refractivity contribution in [2.24, 2.45) is 0 Å². The van der Waals surface area contributed by atoms with Crippen molar-refractivity contribution >= 4 is 21.8 Å². The Morgan fingerprint density at radius 3 is 2.23 bits per heavy atom. The molecule has 0 radical (unpaired) electrons. The second-order valence-corrected chi connectivity index (χ2v) is 8.56. The lowest BCUT2D eigenvalue weighted by atomic mass is 10.1. The van der Waals surface area contributed by atoms with Gasteiger partial charge in [-0.25, -0.2) is 13.1 Å². The maximum atomic E-state index is 12.6. The largest absolute Gasteiger partial charge is 0.493 e. The molecule has 0 unspecified atom stereocenters. The summed E-state index contributed by atoms with van der Waals surface area (Å²) in [5, 5.41) is 0. The van der Waals surface area contributed by atoms with Gasteiger partial charge in [-0.1, -0.05) is 6.07 Å². The number of benzene rings is 2. The summed E-state index contributed by atoms with van der Waals surface area (Å²) in [6.07, 6.45) is 1.61. The van der Waals surface area contributed by atoms with Gasteiger partial charge in [-0.3, -0.25) is 20.4 Å². The van der Waals surface area contributed by atoms with E-state index in [1.165, 1.54) is 38.5 Å². The van der Waals surface area contributed by atoms with E-state index in [0.717, 1.165) is 12.8 Å². The number of carbonyl (C=O) groups excluding carboxylic acids is 2. The first kappa shape index (κ1) is 21.6. The van der Waals surface area contributed by atoms with Gasteiger partial charge in [0.25, 0.3) is 11.8 Å². The molecule has 0 heterocycles. The number of ether oxygens (including phenoxy) is 2. The Bertz CT molecular complexity index is 1080. The summed E-state index contributed by atoms with van der Waals surface area (Å²) in [6.45, 7) is 1.68. The summed E-state index contributed by atoms with van der Waals surface area (Å²) in [5.74, 6) is -0.370. The van der Waals surface area contributed by atoms with Crippen LogP contribution >= 0.6 is 0 Å². The summed E-state index contributed by atoms with van der Waals surface area (Å²) in [5.41, 5.74) is 5.58. The zero-order chi connectivity index (χ0) is 21.9. The van der Waals surface area contributed by atoms with Crippen LogP contribution < -0.4 is 25.0 Å². The molecule has 0 aromatic heterocycles. The van der Waals surface area contributed by atoms with Gasteiger partial charge in [0.1, 0.15) is 0 Å². The Hall–Kier alpha value is -3.11. The number of hydrogen-bond acceptors (Lipinski definition) is 6. The Morgan fingerprint density at radius 2 is 1.60 bits per heavy atom. The van der Waals surface area contributed by atoms with Crippen molar-refractivity contribution in [2.45, 2.75) is 30.7 Å². The molecule has 160 valence electrons. The van der Waals surface area contributed by atoms with E-state index in [-0.39, 0.29) is 22.1 Å². The predicted octanol–water partition coefficient (Wildman–Crippen LogP) is 1.53. The number of sulfonamides is 1. The van der Waals surface area contributed by atoms with Crippen molar-refractivity contribution in [1.29, 1.82) is 0 Å². The van der Waals surface area contributed by atoms with Crippen LogP contribution in [0.25, 0.3) is 0 Å². The van der Waals surface area contributed by atoms with Crippen LogP contribution in [0.3, 0.4) is 0 Å². The molecule has 0 atom stereocenters. The summed E-state index contributed by atoms with van der Waals surface area (Å²) in [6, 6.07) is 8.80. The minimum Gasteiger partial charge on any atom is -0.493 e. The first-order valence-electron chi connectivity index (χ1n) is 9.21. The second kappa shape index (κ2) is 8.72. The van der Waals surface area contributed by atoms with Gasteiger partial charge in [0, 0.05) is 17.2 Å². The zero-order valence-electron chi connectivity index (χ0n) is 16.8. The normalized spacial score (nSPS) is 13.4. The smallest absolute Gasteiger partial charge is 0.270 e. The standard InChI is InChI=1S/C20H23N3O6S/c1-12-4-8-15(30(26,27)23-14-6-7-14)11-16(12)20(25)22-21-19(24)13-5-9-17(28-2)18(10-13)29-3/h4-5,8-11,14,23H,6-7H2,1-3H3,(H,21,24)(H,22,25). The first-order chi connectivity index (χ1) is 14.2. The van der Waals surface area contributed by atoms with Crippen LogP contribution in [-0.2, 0) is 10.0 Å². The second-order valence-electron chi connectivity index (χ2n) is 6.85. The van der Waals surface area contributed by atoms with Gasteiger partial charge in [0.15, 0.2) is 11.5 Å². The lowest BCUT2D eigenvalue weighted by Gasteiger charge is -2.12. The van der Waals surface area contributed by atoms with Gasteiger partial charge < -0.3 is 9.47 Å². The van der Waals surface area contributed by atoms with Crippen molar-refractivity contribution in [3.8, 4) is 11.5 Å². The molecule has 2 aromatic carbocycles. The minimum atomic E-state index is -3.70. The van der Waals surface area contributed by atoms with E-state index in [2.05, 4.69) is 15.6 Å². The highest BCUT2D eigenvalue weighted by molar-refractivity contribution is 7.89. The van der Waals surface area contributed by atoms with Crippen molar-refractivity contribution < 1.29 is 27.5 Å². The highest BCUT2D eigenvalue weighted by atomic mass is 32.2. The van der Waals surface area contributed by atoms with Gasteiger partial charge in [-0.15, -0.1) is 0 Å². The molecule has 0 bridgehead atoms. The molecular weight excluding hydrogens is 410 g/mol. The fraction of sp³-hybridized carbons (Fsp3) is 0.300. The summed E-state index contributed by atoms with van der Waals surface area (Å²) >= 11 is 0. The fourth-order valence-electron chi connectivity index (χ4n) is 2.73. The molecule has 1 aliphatic carbocycles. The third-order valence-corrected chi connectivity index (χ3v) is 6.12. The van der Waals surface area contributed by atoms with Crippen LogP contribution in [0.1, 0.15) is 39.1 Å². The molecule has 0 spiro atoms. The highest BCUT2D eigenvalue weighted by Crippen LogP contribution is 2.27. The molecule has 2 amide bonds. The average Bonchev–Trinajstić information content (AvgIpc) is 3.54. The van der Waals surface area contributed by atoms with E-state index in [1.54, 1.807) is 19.1 Å². The lowest BCUT2D eigenvalue weighted by Crippen LogP contribution is -2.42. The Labute approximate surface area is 174 Å². The van der Waals surface area contributed by atoms with Crippen LogP contribution in [0, 0.1) is 6.92 Å². The van der Waals surface area contributed by atoms with Crippen molar-refractivity contribution in [2.75, 3.05) is 14.2 Å². The molecule has 3 rings (SSSR count). The van der Waals surface area contributed by atoms with Crippen molar-refractivity contribution in [3.05, 3.63) is 53.1 Å². The molecule has 1 aliphatic rings. The SMILES string of the molecule is COc1ccc(C(=O)NNC(=O)c2cc(S(=O)(=O)NC3CC3)ccc2C)cc1OC. The molecule has 0 aliphatic heterocycles. The van der Waals surface area contributed by atoms with Crippen LogP contribution in [0.5, 0.6) is 11.5 Å². The maximum absolute atomic E-state index is 12.6. The van der Waals surface area contributed by atoms with Gasteiger partial charge in [0.2, 0.25) is 10.0 Å². The summed E-state index contributed by atoms with van der Waals surface area (Å²) in [4.78, 5) is 24.9. The van der Waals surface area contributed by atoms with Gasteiger partial charge >= 0.3 is 0 Å². The third kappa shape index (κ3) is 4.89. The molecule has 0 saturated heterocycles. The Balaban J connectivity index is 1.71. The van der Waals surface area contributed by atoms with Gasteiger partial charge in [0.05, 0.1) is 19.1 Å². The number of hydrazine groups is 1. The maximum Gasteiger partial charge on any atom is 0.270 e. The molecule has 1 saturated carbocycles. The number of aryl methyl sites for hydroxylation is 1. The zero-order valence-corrected chi connectivity index (χ0v) is 17.6. The third-order valence-electron chi connectivity index (χ3n) is 4.60. The molecule has 9 nitrogen and oxygen atoms in total. The Kier molecular flexibility index (Phi) is 6.28. The number of nitrogens with one attached hydrogen (secondary N) is 3. The molecule has 10 heteroatoms. The number of carbonyl (C=O) groups is 2. The number of hydrogen-bond donors (Lipinski definition) is 3. The van der Waals surface area contributed by atoms with E-state index in [1.807, 2.05) is 0 Å². The monoisotopic (exact) mass is 433 g/mol. The van der Waals surface area contributed by atoms with Crippen molar-refractivity contribution in [1.82, 2.24) is 15.6 Å². The average molecular weight is 433 g/mol. The fourth-order valence-corrected chi connectivity index (χ4v) is 4.06. The van der Waals surface area contributed by atoms with Crippen molar-refractivity contribution in [3.63, 3.8) is 0 Å². The molecule has 2 aromatic rings. The quantitative estimate of drug-likeness (QED) is 0.569. The van der Waals surface area contributed by atoms with Gasteiger partial charge in [-0.2, -0.15) is 0 Å². The van der Waals surface area contributed by atoms with E-state index < -0.39 is 21.8 Å². The van der Waals surface area contributed by atoms with Crippen LogP contribution in [0.2, 0.25) is 0 Å². The Morgan fingerprint density at radius 1 is 0.933 bits per heavy atom. The topological polar surface area (TPSA) is 123 Å². The number of methoxy groups -OCH3 is 2. The van der Waals surface area contributed by atoms with E-state index >= 15 is 0 Å². The van der Waals surface area contributed by atoms with Gasteiger partial charge in [-0.05, 0) is 55.7 Å². The predicted molar refractivity (Wildman–Crippen MR) is 109 cm³/mol. The van der Waals surface area contributed by atoms with Crippen LogP contribution in [-0.4, -0.2) is 40.5 Å². The van der Waals surface area contributed by atoms with E-state index in [9.17, 15) is 18.0 Å².